The van der Waals surface area contributed by atoms with Crippen LogP contribution in [-0.2, 0) is 11.3 Å². The monoisotopic (exact) mass is 339 g/mol. The largest absolute Gasteiger partial charge is 0.446 e. The highest BCUT2D eigenvalue weighted by atomic mass is 32.1. The number of hydrogen-bond acceptors (Lipinski definition) is 6. The first-order valence-electron chi connectivity index (χ1n) is 5.46. The van der Waals surface area contributed by atoms with Gasteiger partial charge in [0.2, 0.25) is 0 Å². The van der Waals surface area contributed by atoms with Crippen LogP contribution in [-0.4, -0.2) is 48.9 Å². The van der Waals surface area contributed by atoms with E-state index in [9.17, 15) is 26.3 Å². The highest BCUT2D eigenvalue weighted by Crippen LogP contribution is 2.37. The number of nitrogens with zero attached hydrogens (tertiary/aromatic N) is 2. The smallest absolute Gasteiger partial charge is 0.434 e. The zero-order valence-electron chi connectivity index (χ0n) is 10.6. The molecule has 0 aliphatic carbocycles. The quantitative estimate of drug-likeness (QED) is 0.609. The van der Waals surface area contributed by atoms with Gasteiger partial charge in [0.1, 0.15) is 5.01 Å². The number of rotatable bonds is 7. The van der Waals surface area contributed by atoms with Gasteiger partial charge in [0, 0.05) is 20.2 Å². The zero-order chi connectivity index (χ0) is 16.1. The van der Waals surface area contributed by atoms with Crippen LogP contribution in [0, 0.1) is 0 Å². The third-order valence-corrected chi connectivity index (χ3v) is 2.83. The first-order valence-corrected chi connectivity index (χ1v) is 6.28. The minimum absolute atomic E-state index is 0.132. The second-order valence-corrected chi connectivity index (χ2v) is 4.74. The summed E-state index contributed by atoms with van der Waals surface area (Å²) in [6.07, 6.45) is -15.1. The Morgan fingerprint density at radius 2 is 1.76 bits per heavy atom. The number of hydrogen-bond donors (Lipinski definition) is 1. The number of nitrogens with one attached hydrogen (secondary N) is 1. The van der Waals surface area contributed by atoms with E-state index in [1.807, 2.05) is 0 Å². The third kappa shape index (κ3) is 6.01. The standard InChI is InChI=1S/C9H11F6N3O2S/c1-19-3-2-16-4-5-17-18-7(21-5)20-6(8(10,11)12)9(13,14)15/h6,16H,2-4H2,1H3. The molecule has 5 nitrogen and oxygen atoms in total. The van der Waals surface area contributed by atoms with Crippen molar-refractivity contribution in [2.45, 2.75) is 25.0 Å². The summed E-state index contributed by atoms with van der Waals surface area (Å²) in [6.45, 7) is 0.972. The summed E-state index contributed by atoms with van der Waals surface area (Å²) in [5, 5.41) is 8.81. The first-order chi connectivity index (χ1) is 9.64. The summed E-state index contributed by atoms with van der Waals surface area (Å²) in [4.78, 5) is 0. The van der Waals surface area contributed by atoms with Crippen molar-refractivity contribution < 1.29 is 35.8 Å². The molecule has 122 valence electrons. The fourth-order valence-electron chi connectivity index (χ4n) is 1.15. The van der Waals surface area contributed by atoms with E-state index in [1.165, 1.54) is 7.11 Å². The van der Waals surface area contributed by atoms with Crippen molar-refractivity contribution in [3.8, 4) is 5.19 Å². The minimum atomic E-state index is -5.58. The lowest BCUT2D eigenvalue weighted by Crippen LogP contribution is -2.46. The highest BCUT2D eigenvalue weighted by molar-refractivity contribution is 7.13. The van der Waals surface area contributed by atoms with Crippen molar-refractivity contribution in [3.05, 3.63) is 5.01 Å². The Balaban J connectivity index is 2.63. The summed E-state index contributed by atoms with van der Waals surface area (Å²) in [6, 6.07) is 0. The van der Waals surface area contributed by atoms with Crippen molar-refractivity contribution >= 4 is 11.3 Å². The maximum Gasteiger partial charge on any atom is 0.434 e. The molecular weight excluding hydrogens is 328 g/mol. The normalized spacial score (nSPS) is 13.0. The van der Waals surface area contributed by atoms with Crippen LogP contribution >= 0.6 is 11.3 Å². The van der Waals surface area contributed by atoms with Gasteiger partial charge in [0.25, 0.3) is 11.3 Å². The van der Waals surface area contributed by atoms with Gasteiger partial charge in [-0.3, -0.25) is 0 Å². The molecule has 0 fully saturated rings. The Kier molecular flexibility index (Phi) is 6.16. The first kappa shape index (κ1) is 17.9. The molecule has 1 aromatic heterocycles. The van der Waals surface area contributed by atoms with Crippen LogP contribution in [0.3, 0.4) is 0 Å². The maximum atomic E-state index is 12.3. The Morgan fingerprint density at radius 1 is 1.14 bits per heavy atom. The van der Waals surface area contributed by atoms with E-state index in [-0.39, 0.29) is 11.6 Å². The Hall–Kier alpha value is -1.14. The maximum absolute atomic E-state index is 12.3. The summed E-state index contributed by atoms with van der Waals surface area (Å²) < 4.78 is 82.3. The molecule has 1 N–H and O–H groups in total. The molecule has 1 rings (SSSR count). The summed E-state index contributed by atoms with van der Waals surface area (Å²) in [7, 11) is 1.48. The lowest BCUT2D eigenvalue weighted by Gasteiger charge is -2.21. The van der Waals surface area contributed by atoms with Gasteiger partial charge in [0.05, 0.1) is 6.61 Å². The van der Waals surface area contributed by atoms with Gasteiger partial charge in [-0.15, -0.1) is 5.10 Å². The van der Waals surface area contributed by atoms with Crippen LogP contribution < -0.4 is 10.1 Å². The zero-order valence-corrected chi connectivity index (χ0v) is 11.4. The van der Waals surface area contributed by atoms with E-state index in [0.717, 1.165) is 0 Å². The average Bonchev–Trinajstić information content (AvgIpc) is 2.77. The number of aromatic nitrogens is 2. The number of methoxy groups -OCH3 is 1. The molecule has 0 amide bonds. The Labute approximate surface area is 119 Å². The molecule has 1 heterocycles. The summed E-state index contributed by atoms with van der Waals surface area (Å²) in [5.74, 6) is 0. The Bertz CT molecular complexity index is 422. The van der Waals surface area contributed by atoms with Gasteiger partial charge in [-0.1, -0.05) is 16.4 Å². The average molecular weight is 339 g/mol. The molecule has 0 saturated carbocycles. The van der Waals surface area contributed by atoms with Crippen LogP contribution in [0.4, 0.5) is 26.3 Å². The van der Waals surface area contributed by atoms with Crippen molar-refractivity contribution in [2.75, 3.05) is 20.3 Å². The molecule has 0 aromatic carbocycles. The van der Waals surface area contributed by atoms with E-state index in [4.69, 9.17) is 4.74 Å². The fourth-order valence-corrected chi connectivity index (χ4v) is 1.83. The summed E-state index contributed by atoms with van der Waals surface area (Å²) in [5.41, 5.74) is 0. The molecule has 1 aromatic rings. The second-order valence-electron chi connectivity index (χ2n) is 3.71. The van der Waals surface area contributed by atoms with Crippen molar-refractivity contribution in [2.24, 2.45) is 0 Å². The van der Waals surface area contributed by atoms with E-state index in [0.29, 0.717) is 24.5 Å². The number of alkyl halides is 6. The Morgan fingerprint density at radius 3 is 2.29 bits per heavy atom. The van der Waals surface area contributed by atoms with Crippen LogP contribution in [0.15, 0.2) is 0 Å². The molecule has 12 heteroatoms. The van der Waals surface area contributed by atoms with Crippen LogP contribution in [0.1, 0.15) is 5.01 Å². The van der Waals surface area contributed by atoms with Crippen molar-refractivity contribution in [3.63, 3.8) is 0 Å². The van der Waals surface area contributed by atoms with E-state index < -0.39 is 23.7 Å². The van der Waals surface area contributed by atoms with Crippen LogP contribution in [0.25, 0.3) is 0 Å². The van der Waals surface area contributed by atoms with E-state index in [2.05, 4.69) is 20.3 Å². The molecule has 0 bridgehead atoms. The van der Waals surface area contributed by atoms with Crippen molar-refractivity contribution in [1.29, 1.82) is 0 Å². The third-order valence-electron chi connectivity index (χ3n) is 2.02. The molecule has 0 radical (unpaired) electrons. The van der Waals surface area contributed by atoms with Gasteiger partial charge in [-0.05, 0) is 0 Å². The van der Waals surface area contributed by atoms with E-state index >= 15 is 0 Å². The second kappa shape index (κ2) is 7.22. The molecule has 0 unspecified atom stereocenters. The van der Waals surface area contributed by atoms with Gasteiger partial charge in [0.15, 0.2) is 0 Å². The molecular formula is C9H11F6N3O2S. The number of halogens is 6. The molecule has 0 atom stereocenters. The van der Waals surface area contributed by atoms with Crippen LogP contribution in [0.2, 0.25) is 0 Å². The topological polar surface area (TPSA) is 56.3 Å². The van der Waals surface area contributed by atoms with Gasteiger partial charge < -0.3 is 14.8 Å². The lowest BCUT2D eigenvalue weighted by molar-refractivity contribution is -0.299. The predicted octanol–water partition coefficient (Wildman–Crippen LogP) is 2.15. The van der Waals surface area contributed by atoms with Gasteiger partial charge in [-0.2, -0.15) is 26.3 Å². The number of ether oxygens (including phenoxy) is 2. The van der Waals surface area contributed by atoms with Crippen molar-refractivity contribution in [1.82, 2.24) is 15.5 Å². The van der Waals surface area contributed by atoms with Gasteiger partial charge in [-0.25, -0.2) is 0 Å². The molecule has 0 spiro atoms. The van der Waals surface area contributed by atoms with Crippen LogP contribution in [0.5, 0.6) is 5.19 Å². The predicted molar refractivity (Wildman–Crippen MR) is 60.0 cm³/mol. The molecule has 0 saturated heterocycles. The van der Waals surface area contributed by atoms with Gasteiger partial charge >= 0.3 is 12.4 Å². The highest BCUT2D eigenvalue weighted by Gasteiger charge is 2.59. The molecule has 21 heavy (non-hydrogen) atoms. The minimum Gasteiger partial charge on any atom is -0.446 e. The SMILES string of the molecule is COCCNCc1nnc(OC(C(F)(F)F)C(F)(F)F)s1. The van der Waals surface area contributed by atoms with E-state index in [1.54, 1.807) is 0 Å². The summed E-state index contributed by atoms with van der Waals surface area (Å²) >= 11 is 0.504. The fraction of sp³-hybridized carbons (Fsp3) is 0.778. The molecule has 0 aliphatic rings. The lowest BCUT2D eigenvalue weighted by atomic mass is 10.3. The molecule has 0 aliphatic heterocycles.